The van der Waals surface area contributed by atoms with Crippen LogP contribution in [0.2, 0.25) is 0 Å². The van der Waals surface area contributed by atoms with Gasteiger partial charge in [-0.05, 0) is 66.4 Å². The topological polar surface area (TPSA) is 37.4 Å². The van der Waals surface area contributed by atoms with Crippen molar-refractivity contribution in [1.82, 2.24) is 4.90 Å². The number of Topliss-reactive ketones (excluding diaryl/α,β-unsaturated/α-hetero) is 1. The Kier molecular flexibility index (Phi) is 4.61. The number of carbonyl (C=O) groups excluding carboxylic acids is 2. The Hall–Kier alpha value is -2.30. The summed E-state index contributed by atoms with van der Waals surface area (Å²) in [6.45, 7) is 3.53. The fraction of sp³-hybridized carbons (Fsp3) is 0.333. The van der Waals surface area contributed by atoms with Gasteiger partial charge in [-0.3, -0.25) is 9.59 Å². The summed E-state index contributed by atoms with van der Waals surface area (Å²) in [5, 5.41) is 1.13. The smallest absolute Gasteiger partial charge is 0.173 e. The number of hydrogen-bond donors (Lipinski definition) is 0. The number of benzene rings is 2. The third-order valence-electron chi connectivity index (χ3n) is 6.41. The maximum Gasteiger partial charge on any atom is 0.173 e. The van der Waals surface area contributed by atoms with Crippen molar-refractivity contribution in [2.75, 3.05) is 19.6 Å². The number of piperidine rings is 3. The van der Waals surface area contributed by atoms with E-state index in [-0.39, 0.29) is 0 Å². The fourth-order valence-electron chi connectivity index (χ4n) is 4.76. The predicted molar refractivity (Wildman–Crippen MR) is 114 cm³/mol. The zero-order chi connectivity index (χ0) is 19.1. The molecule has 3 aliphatic heterocycles. The van der Waals surface area contributed by atoms with Gasteiger partial charge in [0.1, 0.15) is 6.29 Å². The van der Waals surface area contributed by atoms with Crippen LogP contribution in [0.4, 0.5) is 0 Å². The maximum absolute atomic E-state index is 12.9. The van der Waals surface area contributed by atoms with Gasteiger partial charge in [0, 0.05) is 23.2 Å². The first-order valence-corrected chi connectivity index (χ1v) is 10.9. The molecular weight excluding hydrogens is 366 g/mol. The number of ketones is 1. The van der Waals surface area contributed by atoms with E-state index in [1.165, 1.54) is 25.9 Å². The van der Waals surface area contributed by atoms with Crippen LogP contribution in [0.3, 0.4) is 0 Å². The van der Waals surface area contributed by atoms with Crippen LogP contribution in [0.25, 0.3) is 21.2 Å². The third-order valence-corrected chi connectivity index (χ3v) is 7.55. The Morgan fingerprint density at radius 1 is 1.04 bits per heavy atom. The summed E-state index contributed by atoms with van der Waals surface area (Å²) in [6, 6.07) is 16.0. The minimum atomic E-state index is 0.303. The first-order valence-electron chi connectivity index (χ1n) is 10.0. The molecule has 0 amide bonds. The molecule has 28 heavy (non-hydrogen) atoms. The van der Waals surface area contributed by atoms with Crippen LogP contribution in [0.15, 0.2) is 48.5 Å². The van der Waals surface area contributed by atoms with Crippen LogP contribution in [-0.4, -0.2) is 36.6 Å². The van der Waals surface area contributed by atoms with Gasteiger partial charge in [0.15, 0.2) is 5.78 Å². The van der Waals surface area contributed by atoms with Crippen LogP contribution < -0.4 is 0 Å². The summed E-state index contributed by atoms with van der Waals surface area (Å²) in [4.78, 5) is 27.2. The van der Waals surface area contributed by atoms with Gasteiger partial charge in [0.25, 0.3) is 0 Å². The van der Waals surface area contributed by atoms with Gasteiger partial charge in [-0.2, -0.15) is 0 Å². The van der Waals surface area contributed by atoms with Crippen LogP contribution in [0.1, 0.15) is 39.3 Å². The molecule has 0 N–H and O–H groups in total. The lowest BCUT2D eigenvalue weighted by atomic mass is 9.76. The summed E-state index contributed by atoms with van der Waals surface area (Å²) in [7, 11) is 0. The predicted octanol–water partition coefficient (Wildman–Crippen LogP) is 5.30. The van der Waals surface area contributed by atoms with E-state index in [0.717, 1.165) is 44.8 Å². The Bertz CT molecular complexity index is 1030. The van der Waals surface area contributed by atoms with Gasteiger partial charge in [0.05, 0.1) is 4.88 Å². The van der Waals surface area contributed by atoms with Crippen molar-refractivity contribution in [2.45, 2.75) is 19.3 Å². The number of fused-ring (bicyclic) bond motifs is 4. The Morgan fingerprint density at radius 2 is 1.79 bits per heavy atom. The van der Waals surface area contributed by atoms with E-state index >= 15 is 0 Å². The molecular formula is C24H23NO2S. The zero-order valence-electron chi connectivity index (χ0n) is 15.8. The molecule has 0 aliphatic carbocycles. The summed E-state index contributed by atoms with van der Waals surface area (Å²) >= 11 is 1.61. The molecule has 3 saturated heterocycles. The average Bonchev–Trinajstić information content (AvgIpc) is 3.18. The van der Waals surface area contributed by atoms with Crippen molar-refractivity contribution in [3.05, 3.63) is 59.0 Å². The Labute approximate surface area is 169 Å². The van der Waals surface area contributed by atoms with Crippen molar-refractivity contribution in [2.24, 2.45) is 11.8 Å². The molecule has 0 unspecified atom stereocenters. The van der Waals surface area contributed by atoms with Crippen LogP contribution in [0.5, 0.6) is 0 Å². The second-order valence-electron chi connectivity index (χ2n) is 8.13. The molecule has 2 aromatic carbocycles. The number of rotatable bonds is 5. The zero-order valence-corrected chi connectivity index (χ0v) is 16.6. The number of hydrogen-bond acceptors (Lipinski definition) is 4. The van der Waals surface area contributed by atoms with Gasteiger partial charge in [0.2, 0.25) is 0 Å². The van der Waals surface area contributed by atoms with Gasteiger partial charge in [-0.25, -0.2) is 0 Å². The molecule has 142 valence electrons. The first kappa shape index (κ1) is 17.8. The Morgan fingerprint density at radius 3 is 2.46 bits per heavy atom. The molecule has 4 heterocycles. The van der Waals surface area contributed by atoms with Crippen LogP contribution >= 0.6 is 11.3 Å². The van der Waals surface area contributed by atoms with E-state index in [0.29, 0.717) is 23.7 Å². The highest BCUT2D eigenvalue weighted by Gasteiger charge is 2.35. The molecule has 0 spiro atoms. The quantitative estimate of drug-likeness (QED) is 0.439. The maximum atomic E-state index is 12.9. The van der Waals surface area contributed by atoms with Crippen molar-refractivity contribution in [3.8, 4) is 11.1 Å². The summed E-state index contributed by atoms with van der Waals surface area (Å²) in [5.41, 5.74) is 2.88. The number of thiophene rings is 1. The molecule has 3 aliphatic rings. The summed E-state index contributed by atoms with van der Waals surface area (Å²) in [5.74, 6) is 1.58. The second-order valence-corrected chi connectivity index (χ2v) is 9.21. The largest absolute Gasteiger partial charge is 0.303 e. The minimum Gasteiger partial charge on any atom is -0.303 e. The highest BCUT2D eigenvalue weighted by Crippen LogP contribution is 2.36. The summed E-state index contributed by atoms with van der Waals surface area (Å²) < 4.78 is 1.15. The van der Waals surface area contributed by atoms with Crippen LogP contribution in [-0.2, 0) is 0 Å². The fourth-order valence-corrected chi connectivity index (χ4v) is 5.81. The Balaban J connectivity index is 1.37. The van der Waals surface area contributed by atoms with E-state index in [2.05, 4.69) is 29.2 Å². The van der Waals surface area contributed by atoms with E-state index in [9.17, 15) is 9.59 Å². The highest BCUT2D eigenvalue weighted by atomic mass is 32.1. The third kappa shape index (κ3) is 3.31. The number of nitrogens with zero attached hydrogens (tertiary/aromatic N) is 1. The van der Waals surface area contributed by atoms with Crippen molar-refractivity contribution < 1.29 is 9.59 Å². The van der Waals surface area contributed by atoms with Crippen molar-refractivity contribution in [1.29, 1.82) is 0 Å². The molecule has 2 bridgehead atoms. The van der Waals surface area contributed by atoms with Crippen LogP contribution in [0, 0.1) is 11.8 Å². The molecule has 3 fully saturated rings. The summed E-state index contributed by atoms with van der Waals surface area (Å²) in [6.07, 6.45) is 4.07. The monoisotopic (exact) mass is 389 g/mol. The molecule has 4 heteroatoms. The molecule has 0 radical (unpaired) electrons. The number of aldehydes is 1. The molecule has 3 aromatic rings. The molecule has 0 saturated carbocycles. The van der Waals surface area contributed by atoms with E-state index in [1.807, 2.05) is 24.3 Å². The van der Waals surface area contributed by atoms with Gasteiger partial charge < -0.3 is 4.90 Å². The van der Waals surface area contributed by atoms with Gasteiger partial charge in [-0.15, -0.1) is 11.3 Å². The lowest BCUT2D eigenvalue weighted by Gasteiger charge is -2.44. The van der Waals surface area contributed by atoms with Crippen molar-refractivity contribution in [3.63, 3.8) is 0 Å². The number of carbonyl (C=O) groups is 2. The SMILES string of the molecule is O=Cc1ccc(-c2ccc3cc(C(=O)C[C@H]4CN5CCC4CC5)sc3c2)cc1. The first-order chi connectivity index (χ1) is 13.7. The molecule has 6 rings (SSSR count). The molecule has 1 aromatic heterocycles. The average molecular weight is 390 g/mol. The minimum absolute atomic E-state index is 0.303. The lowest BCUT2D eigenvalue weighted by Crippen LogP contribution is -2.47. The highest BCUT2D eigenvalue weighted by molar-refractivity contribution is 7.20. The molecule has 3 nitrogen and oxygen atoms in total. The van der Waals surface area contributed by atoms with E-state index in [1.54, 1.807) is 11.3 Å². The van der Waals surface area contributed by atoms with Crippen molar-refractivity contribution >= 4 is 33.5 Å². The second kappa shape index (κ2) is 7.26. The van der Waals surface area contributed by atoms with E-state index < -0.39 is 0 Å². The standard InChI is InChI=1S/C24H23NO2S/c26-15-16-1-3-17(4-2-16)19-5-6-20-13-24(28-23(20)12-19)22(27)11-21-14-25-9-7-18(21)8-10-25/h1-6,12-13,15,18,21H,7-11,14H2/t21-/m0/s1. The van der Waals surface area contributed by atoms with Gasteiger partial charge >= 0.3 is 0 Å². The van der Waals surface area contributed by atoms with E-state index in [4.69, 9.17) is 0 Å². The lowest BCUT2D eigenvalue weighted by molar-refractivity contribution is 0.0442. The van der Waals surface area contributed by atoms with Gasteiger partial charge in [-0.1, -0.05) is 36.4 Å². The normalized spacial score (nSPS) is 23.8. The molecule has 1 atom stereocenters.